The van der Waals surface area contributed by atoms with Crippen molar-refractivity contribution in [3.05, 3.63) is 23.8 Å². The minimum Gasteiger partial charge on any atom is -0.490 e. The van der Waals surface area contributed by atoms with E-state index in [1.807, 2.05) is 13.0 Å². The maximum atomic E-state index is 11.5. The number of carbonyl (C=O) groups excluding carboxylic acids is 1. The molecule has 2 rings (SSSR count). The number of hydrogen-bond donors (Lipinski definition) is 0. The summed E-state index contributed by atoms with van der Waals surface area (Å²) in [5, 5.41) is 0. The van der Waals surface area contributed by atoms with Gasteiger partial charge in [-0.2, -0.15) is 0 Å². The minimum atomic E-state index is 0.130. The molecule has 0 saturated carbocycles. The Bertz CT molecular complexity index is 371. The van der Waals surface area contributed by atoms with Gasteiger partial charge in [0.2, 0.25) is 0 Å². The van der Waals surface area contributed by atoms with Crippen molar-refractivity contribution in [3.63, 3.8) is 0 Å². The van der Waals surface area contributed by atoms with E-state index in [1.54, 1.807) is 12.1 Å². The van der Waals surface area contributed by atoms with E-state index >= 15 is 0 Å². The third-order valence-corrected chi connectivity index (χ3v) is 2.39. The van der Waals surface area contributed by atoms with Crippen molar-refractivity contribution in [1.29, 1.82) is 0 Å². The molecule has 1 aliphatic rings. The standard InChI is InChI=1S/C12H14O3/c1-2-10(13)9-4-5-11-12(8-9)15-7-3-6-14-11/h4-5,8H,2-3,6-7H2,1H3. The SMILES string of the molecule is CCC(=O)c1ccc2c(c1)OCCCO2. The van der Waals surface area contributed by atoms with Crippen molar-refractivity contribution >= 4 is 5.78 Å². The molecule has 0 saturated heterocycles. The Balaban J connectivity index is 2.31. The molecule has 1 heterocycles. The summed E-state index contributed by atoms with van der Waals surface area (Å²) < 4.78 is 11.0. The van der Waals surface area contributed by atoms with Crippen LogP contribution < -0.4 is 9.47 Å². The largest absolute Gasteiger partial charge is 0.490 e. The van der Waals surface area contributed by atoms with E-state index in [0.717, 1.165) is 12.2 Å². The lowest BCUT2D eigenvalue weighted by Crippen LogP contribution is -1.98. The van der Waals surface area contributed by atoms with Crippen LogP contribution in [0.5, 0.6) is 11.5 Å². The first-order valence-electron chi connectivity index (χ1n) is 5.24. The van der Waals surface area contributed by atoms with E-state index in [2.05, 4.69) is 0 Å². The molecule has 15 heavy (non-hydrogen) atoms. The second-order valence-corrected chi connectivity index (χ2v) is 3.49. The predicted molar refractivity (Wildman–Crippen MR) is 56.7 cm³/mol. The first kappa shape index (κ1) is 10.0. The van der Waals surface area contributed by atoms with Gasteiger partial charge in [0, 0.05) is 18.4 Å². The van der Waals surface area contributed by atoms with Gasteiger partial charge in [-0.15, -0.1) is 0 Å². The molecule has 1 aliphatic heterocycles. The minimum absolute atomic E-state index is 0.130. The van der Waals surface area contributed by atoms with Gasteiger partial charge in [-0.05, 0) is 18.2 Å². The van der Waals surface area contributed by atoms with Crippen molar-refractivity contribution < 1.29 is 14.3 Å². The lowest BCUT2D eigenvalue weighted by atomic mass is 10.1. The third kappa shape index (κ3) is 2.12. The summed E-state index contributed by atoms with van der Waals surface area (Å²) in [6.45, 7) is 3.18. The van der Waals surface area contributed by atoms with Gasteiger partial charge in [0.1, 0.15) is 0 Å². The lowest BCUT2D eigenvalue weighted by Gasteiger charge is -2.08. The molecule has 0 radical (unpaired) electrons. The summed E-state index contributed by atoms with van der Waals surface area (Å²) >= 11 is 0. The fourth-order valence-electron chi connectivity index (χ4n) is 1.54. The van der Waals surface area contributed by atoms with Gasteiger partial charge < -0.3 is 9.47 Å². The Morgan fingerprint density at radius 3 is 2.73 bits per heavy atom. The van der Waals surface area contributed by atoms with E-state index in [-0.39, 0.29) is 5.78 Å². The highest BCUT2D eigenvalue weighted by Gasteiger charge is 2.12. The number of ketones is 1. The molecule has 0 atom stereocenters. The van der Waals surface area contributed by atoms with Crippen LogP contribution in [0.4, 0.5) is 0 Å². The highest BCUT2D eigenvalue weighted by molar-refractivity contribution is 5.96. The maximum Gasteiger partial charge on any atom is 0.162 e. The van der Waals surface area contributed by atoms with E-state index in [4.69, 9.17) is 9.47 Å². The summed E-state index contributed by atoms with van der Waals surface area (Å²) in [4.78, 5) is 11.5. The number of hydrogen-bond acceptors (Lipinski definition) is 3. The first-order valence-corrected chi connectivity index (χ1v) is 5.24. The van der Waals surface area contributed by atoms with Crippen LogP contribution in [0.15, 0.2) is 18.2 Å². The topological polar surface area (TPSA) is 35.5 Å². The van der Waals surface area contributed by atoms with Gasteiger partial charge in [-0.3, -0.25) is 4.79 Å². The Morgan fingerprint density at radius 2 is 2.00 bits per heavy atom. The Kier molecular flexibility index (Phi) is 2.90. The van der Waals surface area contributed by atoms with Crippen LogP contribution >= 0.6 is 0 Å². The molecule has 0 unspecified atom stereocenters. The van der Waals surface area contributed by atoms with Crippen molar-refractivity contribution in [2.45, 2.75) is 19.8 Å². The fraction of sp³-hybridized carbons (Fsp3) is 0.417. The van der Waals surface area contributed by atoms with Gasteiger partial charge in [-0.1, -0.05) is 6.92 Å². The number of ether oxygens (including phenoxy) is 2. The van der Waals surface area contributed by atoms with Gasteiger partial charge in [0.15, 0.2) is 17.3 Å². The number of carbonyl (C=O) groups is 1. The third-order valence-electron chi connectivity index (χ3n) is 2.39. The van der Waals surface area contributed by atoms with Crippen LogP contribution in [-0.4, -0.2) is 19.0 Å². The predicted octanol–water partition coefficient (Wildman–Crippen LogP) is 2.44. The van der Waals surface area contributed by atoms with Gasteiger partial charge >= 0.3 is 0 Å². The average molecular weight is 206 g/mol. The molecule has 80 valence electrons. The van der Waals surface area contributed by atoms with Crippen LogP contribution in [0.2, 0.25) is 0 Å². The van der Waals surface area contributed by atoms with E-state index in [1.165, 1.54) is 0 Å². The van der Waals surface area contributed by atoms with E-state index in [9.17, 15) is 4.79 Å². The molecule has 0 N–H and O–H groups in total. The average Bonchev–Trinajstić information content (AvgIpc) is 2.51. The molecule has 0 aliphatic carbocycles. The molecule has 0 fully saturated rings. The Hall–Kier alpha value is -1.51. The first-order chi connectivity index (χ1) is 7.31. The zero-order valence-electron chi connectivity index (χ0n) is 8.79. The second kappa shape index (κ2) is 4.34. The highest BCUT2D eigenvalue weighted by Crippen LogP contribution is 2.30. The zero-order chi connectivity index (χ0) is 10.7. The molecule has 0 amide bonds. The smallest absolute Gasteiger partial charge is 0.162 e. The van der Waals surface area contributed by atoms with Crippen LogP contribution in [0, 0.1) is 0 Å². The quantitative estimate of drug-likeness (QED) is 0.697. The molecule has 0 aromatic heterocycles. The Labute approximate surface area is 89.0 Å². The zero-order valence-corrected chi connectivity index (χ0v) is 8.79. The molecule has 3 heteroatoms. The number of benzene rings is 1. The number of rotatable bonds is 2. The fourth-order valence-corrected chi connectivity index (χ4v) is 1.54. The molecule has 0 bridgehead atoms. The summed E-state index contributed by atoms with van der Waals surface area (Å²) in [5.41, 5.74) is 0.696. The lowest BCUT2D eigenvalue weighted by molar-refractivity contribution is 0.0987. The van der Waals surface area contributed by atoms with E-state index in [0.29, 0.717) is 30.9 Å². The van der Waals surface area contributed by atoms with Gasteiger partial charge in [-0.25, -0.2) is 0 Å². The summed E-state index contributed by atoms with van der Waals surface area (Å²) in [7, 11) is 0. The van der Waals surface area contributed by atoms with Crippen molar-refractivity contribution in [2.24, 2.45) is 0 Å². The van der Waals surface area contributed by atoms with Crippen LogP contribution in [0.3, 0.4) is 0 Å². The van der Waals surface area contributed by atoms with Crippen molar-refractivity contribution in [3.8, 4) is 11.5 Å². The van der Waals surface area contributed by atoms with Gasteiger partial charge in [0.05, 0.1) is 13.2 Å². The monoisotopic (exact) mass is 206 g/mol. The highest BCUT2D eigenvalue weighted by atomic mass is 16.5. The van der Waals surface area contributed by atoms with Gasteiger partial charge in [0.25, 0.3) is 0 Å². The summed E-state index contributed by atoms with van der Waals surface area (Å²) in [5.74, 6) is 1.55. The van der Waals surface area contributed by atoms with E-state index < -0.39 is 0 Å². The molecule has 1 aromatic rings. The summed E-state index contributed by atoms with van der Waals surface area (Å²) in [6, 6.07) is 5.37. The maximum absolute atomic E-state index is 11.5. The van der Waals surface area contributed by atoms with Crippen LogP contribution in [0.25, 0.3) is 0 Å². The number of Topliss-reactive ketones (excluding diaryl/α,β-unsaturated/α-hetero) is 1. The Morgan fingerprint density at radius 1 is 1.27 bits per heavy atom. The summed E-state index contributed by atoms with van der Waals surface area (Å²) in [6.07, 6.45) is 1.39. The second-order valence-electron chi connectivity index (χ2n) is 3.49. The molecular weight excluding hydrogens is 192 g/mol. The normalized spacial score (nSPS) is 14.5. The van der Waals surface area contributed by atoms with Crippen molar-refractivity contribution in [1.82, 2.24) is 0 Å². The number of fused-ring (bicyclic) bond motifs is 1. The molecule has 1 aromatic carbocycles. The molecule has 3 nitrogen and oxygen atoms in total. The molecular formula is C12H14O3. The van der Waals surface area contributed by atoms with Crippen LogP contribution in [-0.2, 0) is 0 Å². The molecule has 0 spiro atoms. The van der Waals surface area contributed by atoms with Crippen molar-refractivity contribution in [2.75, 3.05) is 13.2 Å². The van der Waals surface area contributed by atoms with Crippen LogP contribution in [0.1, 0.15) is 30.1 Å².